The first kappa shape index (κ1) is 14.5. The summed E-state index contributed by atoms with van der Waals surface area (Å²) in [7, 11) is 0. The molecule has 0 aliphatic rings. The molecule has 5 heteroatoms. The first-order valence-electron chi connectivity index (χ1n) is 6.39. The van der Waals surface area contributed by atoms with Crippen LogP contribution in [0.15, 0.2) is 42.5 Å². The number of rotatable bonds is 4. The molecule has 0 fully saturated rings. The molecule has 0 heterocycles. The van der Waals surface area contributed by atoms with Gasteiger partial charge in [0, 0.05) is 5.69 Å². The molecule has 0 atom stereocenters. The Labute approximate surface area is 122 Å². The van der Waals surface area contributed by atoms with Crippen LogP contribution in [0.4, 0.5) is 15.8 Å². The van der Waals surface area contributed by atoms with Crippen LogP contribution in [0.1, 0.15) is 11.1 Å². The highest BCUT2D eigenvalue weighted by atomic mass is 19.1. The number of halogens is 1. The monoisotopic (exact) mass is 283 g/mol. The van der Waals surface area contributed by atoms with Gasteiger partial charge in [-0.05, 0) is 42.8 Å². The molecule has 4 nitrogen and oxygen atoms in total. The number of carbonyl (C=O) groups excluding carboxylic acids is 1. The van der Waals surface area contributed by atoms with Crippen molar-refractivity contribution in [1.29, 1.82) is 5.26 Å². The van der Waals surface area contributed by atoms with Gasteiger partial charge in [-0.2, -0.15) is 5.26 Å². The minimum atomic E-state index is -0.357. The van der Waals surface area contributed by atoms with Crippen LogP contribution in [0.25, 0.3) is 0 Å². The van der Waals surface area contributed by atoms with Crippen LogP contribution < -0.4 is 10.6 Å². The number of hydrogen-bond acceptors (Lipinski definition) is 3. The van der Waals surface area contributed by atoms with Gasteiger partial charge in [0.2, 0.25) is 5.91 Å². The Hall–Kier alpha value is -2.87. The predicted molar refractivity (Wildman–Crippen MR) is 79.4 cm³/mol. The predicted octanol–water partition coefficient (Wildman–Crippen LogP) is 3.06. The number of nitriles is 1. The van der Waals surface area contributed by atoms with E-state index in [2.05, 4.69) is 16.7 Å². The molecule has 0 bridgehead atoms. The molecule has 2 aromatic carbocycles. The third kappa shape index (κ3) is 3.80. The average Bonchev–Trinajstić information content (AvgIpc) is 2.47. The minimum absolute atomic E-state index is 0.0233. The minimum Gasteiger partial charge on any atom is -0.375 e. The zero-order chi connectivity index (χ0) is 15.2. The highest BCUT2D eigenvalue weighted by Crippen LogP contribution is 2.18. The van der Waals surface area contributed by atoms with Gasteiger partial charge in [-0.1, -0.05) is 12.1 Å². The van der Waals surface area contributed by atoms with Crippen molar-refractivity contribution in [3.63, 3.8) is 0 Å². The van der Waals surface area contributed by atoms with Crippen LogP contribution in [0.3, 0.4) is 0 Å². The quantitative estimate of drug-likeness (QED) is 0.906. The Balaban J connectivity index is 1.97. The van der Waals surface area contributed by atoms with Crippen molar-refractivity contribution in [2.24, 2.45) is 0 Å². The summed E-state index contributed by atoms with van der Waals surface area (Å²) >= 11 is 0. The fourth-order valence-corrected chi connectivity index (χ4v) is 1.88. The lowest BCUT2D eigenvalue weighted by Crippen LogP contribution is -2.22. The van der Waals surface area contributed by atoms with Gasteiger partial charge in [-0.3, -0.25) is 4.79 Å². The van der Waals surface area contributed by atoms with Crippen LogP contribution in [0.2, 0.25) is 0 Å². The summed E-state index contributed by atoms with van der Waals surface area (Å²) in [5.41, 5.74) is 2.51. The van der Waals surface area contributed by atoms with Crippen LogP contribution in [-0.4, -0.2) is 12.5 Å². The molecule has 0 spiro atoms. The highest BCUT2D eigenvalue weighted by molar-refractivity contribution is 5.93. The molecule has 0 radical (unpaired) electrons. The highest BCUT2D eigenvalue weighted by Gasteiger charge is 2.07. The van der Waals surface area contributed by atoms with Gasteiger partial charge in [0.05, 0.1) is 17.8 Å². The lowest BCUT2D eigenvalue weighted by molar-refractivity contribution is -0.114. The number of nitrogens with zero attached hydrogens (tertiary/aromatic N) is 1. The standard InChI is InChI=1S/C16H14FN3O/c1-11-3-2-4-15(14(11)9-18)19-10-16(21)20-13-7-5-12(17)6-8-13/h2-8,19H,10H2,1H3,(H,20,21). The molecular formula is C16H14FN3O. The lowest BCUT2D eigenvalue weighted by atomic mass is 10.1. The maximum absolute atomic E-state index is 12.8. The molecule has 0 saturated heterocycles. The van der Waals surface area contributed by atoms with Crippen molar-refractivity contribution in [1.82, 2.24) is 0 Å². The smallest absolute Gasteiger partial charge is 0.243 e. The van der Waals surface area contributed by atoms with Gasteiger partial charge >= 0.3 is 0 Å². The van der Waals surface area contributed by atoms with Gasteiger partial charge in [0.15, 0.2) is 0 Å². The average molecular weight is 283 g/mol. The number of carbonyl (C=O) groups is 1. The van der Waals surface area contributed by atoms with Gasteiger partial charge < -0.3 is 10.6 Å². The number of anilines is 2. The van der Waals surface area contributed by atoms with Crippen LogP contribution in [0.5, 0.6) is 0 Å². The number of aryl methyl sites for hydroxylation is 1. The summed E-state index contributed by atoms with van der Waals surface area (Å²) in [6.45, 7) is 1.86. The van der Waals surface area contributed by atoms with Crippen molar-refractivity contribution in [2.75, 3.05) is 17.2 Å². The Bertz CT molecular complexity index is 690. The van der Waals surface area contributed by atoms with Crippen molar-refractivity contribution >= 4 is 17.3 Å². The van der Waals surface area contributed by atoms with Gasteiger partial charge in [0.1, 0.15) is 11.9 Å². The zero-order valence-corrected chi connectivity index (χ0v) is 11.5. The number of nitrogens with one attached hydrogen (secondary N) is 2. The van der Waals surface area contributed by atoms with E-state index in [4.69, 9.17) is 5.26 Å². The fraction of sp³-hybridized carbons (Fsp3) is 0.125. The van der Waals surface area contributed by atoms with E-state index in [0.717, 1.165) is 5.56 Å². The van der Waals surface area contributed by atoms with Gasteiger partial charge in [-0.15, -0.1) is 0 Å². The molecule has 0 saturated carbocycles. The summed E-state index contributed by atoms with van der Waals surface area (Å²) in [6, 6.07) is 13.0. The van der Waals surface area contributed by atoms with Crippen molar-refractivity contribution in [2.45, 2.75) is 6.92 Å². The van der Waals surface area contributed by atoms with E-state index in [-0.39, 0.29) is 18.3 Å². The normalized spacial score (nSPS) is 9.76. The molecule has 2 N–H and O–H groups in total. The molecule has 0 unspecified atom stereocenters. The van der Waals surface area contributed by atoms with E-state index in [1.54, 1.807) is 6.07 Å². The van der Waals surface area contributed by atoms with Gasteiger partial charge in [0.25, 0.3) is 0 Å². The second-order valence-electron chi connectivity index (χ2n) is 4.52. The van der Waals surface area contributed by atoms with Crippen molar-refractivity contribution < 1.29 is 9.18 Å². The van der Waals surface area contributed by atoms with Crippen LogP contribution >= 0.6 is 0 Å². The summed E-state index contributed by atoms with van der Waals surface area (Å²) in [5.74, 6) is -0.628. The van der Waals surface area contributed by atoms with E-state index in [9.17, 15) is 9.18 Å². The summed E-state index contributed by atoms with van der Waals surface area (Å²) < 4.78 is 12.8. The molecule has 106 valence electrons. The molecule has 21 heavy (non-hydrogen) atoms. The number of amides is 1. The van der Waals surface area contributed by atoms with Crippen LogP contribution in [0, 0.1) is 24.1 Å². The third-order valence-electron chi connectivity index (χ3n) is 2.95. The second-order valence-corrected chi connectivity index (χ2v) is 4.52. The van der Waals surface area contributed by atoms with E-state index < -0.39 is 0 Å². The maximum atomic E-state index is 12.8. The van der Waals surface area contributed by atoms with E-state index in [0.29, 0.717) is 16.9 Å². The van der Waals surface area contributed by atoms with Crippen molar-refractivity contribution in [3.05, 3.63) is 59.4 Å². The lowest BCUT2D eigenvalue weighted by Gasteiger charge is -2.10. The molecular weight excluding hydrogens is 269 g/mol. The molecule has 0 aliphatic heterocycles. The molecule has 2 aromatic rings. The topological polar surface area (TPSA) is 64.9 Å². The van der Waals surface area contributed by atoms with E-state index in [1.165, 1.54) is 24.3 Å². The SMILES string of the molecule is Cc1cccc(NCC(=O)Nc2ccc(F)cc2)c1C#N. The molecule has 0 aromatic heterocycles. The van der Waals surface area contributed by atoms with E-state index >= 15 is 0 Å². The Kier molecular flexibility index (Phi) is 4.52. The first-order chi connectivity index (χ1) is 10.1. The summed E-state index contributed by atoms with van der Waals surface area (Å²) in [6.07, 6.45) is 0. The number of hydrogen-bond donors (Lipinski definition) is 2. The van der Waals surface area contributed by atoms with E-state index in [1.807, 2.05) is 19.1 Å². The second kappa shape index (κ2) is 6.53. The molecule has 0 aliphatic carbocycles. The zero-order valence-electron chi connectivity index (χ0n) is 11.5. The number of benzene rings is 2. The largest absolute Gasteiger partial charge is 0.375 e. The summed E-state index contributed by atoms with van der Waals surface area (Å²) in [4.78, 5) is 11.8. The Morgan fingerprint density at radius 3 is 2.62 bits per heavy atom. The Morgan fingerprint density at radius 2 is 1.95 bits per heavy atom. The van der Waals surface area contributed by atoms with Crippen LogP contribution in [-0.2, 0) is 4.79 Å². The Morgan fingerprint density at radius 1 is 1.24 bits per heavy atom. The van der Waals surface area contributed by atoms with Gasteiger partial charge in [-0.25, -0.2) is 4.39 Å². The molecule has 1 amide bonds. The summed E-state index contributed by atoms with van der Waals surface area (Å²) in [5, 5.41) is 14.7. The fourth-order valence-electron chi connectivity index (χ4n) is 1.88. The third-order valence-corrected chi connectivity index (χ3v) is 2.95. The first-order valence-corrected chi connectivity index (χ1v) is 6.39. The van der Waals surface area contributed by atoms with Crippen molar-refractivity contribution in [3.8, 4) is 6.07 Å². The maximum Gasteiger partial charge on any atom is 0.243 e. The molecule has 2 rings (SSSR count).